The number of amides is 1. The van der Waals surface area contributed by atoms with Crippen molar-refractivity contribution in [2.24, 2.45) is 0 Å². The van der Waals surface area contributed by atoms with Crippen LogP contribution < -0.4 is 5.32 Å². The summed E-state index contributed by atoms with van der Waals surface area (Å²) in [6, 6.07) is 0. The first-order valence-electron chi connectivity index (χ1n) is 5.98. The fraction of sp³-hybridized carbons (Fsp3) is 0.909. The van der Waals surface area contributed by atoms with Crippen molar-refractivity contribution in [3.63, 3.8) is 0 Å². The van der Waals surface area contributed by atoms with Gasteiger partial charge in [-0.2, -0.15) is 0 Å². The SMILES string of the molecule is O=C(NC[C@H]1CCCO1)OC[C@@H]1CCCO1. The second-order valence-electron chi connectivity index (χ2n) is 4.25. The molecule has 0 unspecified atom stereocenters. The Labute approximate surface area is 95.4 Å². The molecule has 2 aliphatic rings. The Morgan fingerprint density at radius 2 is 1.88 bits per heavy atom. The summed E-state index contributed by atoms with van der Waals surface area (Å²) >= 11 is 0. The average molecular weight is 229 g/mol. The Hall–Kier alpha value is -0.810. The summed E-state index contributed by atoms with van der Waals surface area (Å²) in [6.45, 7) is 2.49. The molecule has 2 fully saturated rings. The number of nitrogens with one attached hydrogen (secondary N) is 1. The van der Waals surface area contributed by atoms with Gasteiger partial charge in [0, 0.05) is 19.8 Å². The van der Waals surface area contributed by atoms with Crippen molar-refractivity contribution in [1.82, 2.24) is 5.32 Å². The maximum atomic E-state index is 11.3. The fourth-order valence-corrected chi connectivity index (χ4v) is 2.00. The van der Waals surface area contributed by atoms with Gasteiger partial charge in [-0.05, 0) is 25.7 Å². The minimum Gasteiger partial charge on any atom is -0.447 e. The van der Waals surface area contributed by atoms with Crippen molar-refractivity contribution >= 4 is 6.09 Å². The molecule has 0 aliphatic carbocycles. The van der Waals surface area contributed by atoms with Gasteiger partial charge in [0.2, 0.25) is 0 Å². The number of carbonyl (C=O) groups excluding carboxylic acids is 1. The van der Waals surface area contributed by atoms with Gasteiger partial charge in [-0.3, -0.25) is 0 Å². The summed E-state index contributed by atoms with van der Waals surface area (Å²) in [5.41, 5.74) is 0. The molecule has 16 heavy (non-hydrogen) atoms. The number of alkyl carbamates (subject to hydrolysis) is 1. The van der Waals surface area contributed by atoms with Crippen molar-refractivity contribution in [1.29, 1.82) is 0 Å². The van der Waals surface area contributed by atoms with E-state index >= 15 is 0 Å². The quantitative estimate of drug-likeness (QED) is 0.783. The van der Waals surface area contributed by atoms with Gasteiger partial charge < -0.3 is 19.5 Å². The first kappa shape index (κ1) is 11.7. The van der Waals surface area contributed by atoms with Crippen molar-refractivity contribution in [3.8, 4) is 0 Å². The Morgan fingerprint density at radius 3 is 2.50 bits per heavy atom. The molecule has 92 valence electrons. The van der Waals surface area contributed by atoms with Gasteiger partial charge >= 0.3 is 6.09 Å². The van der Waals surface area contributed by atoms with Crippen LogP contribution in [-0.2, 0) is 14.2 Å². The van der Waals surface area contributed by atoms with Crippen LogP contribution in [-0.4, -0.2) is 44.7 Å². The largest absolute Gasteiger partial charge is 0.447 e. The van der Waals surface area contributed by atoms with Gasteiger partial charge in [0.25, 0.3) is 0 Å². The minimum absolute atomic E-state index is 0.0912. The predicted molar refractivity (Wildman–Crippen MR) is 57.3 cm³/mol. The number of carbonyl (C=O) groups is 1. The Bertz CT molecular complexity index is 200. The van der Waals surface area contributed by atoms with Crippen molar-refractivity contribution < 1.29 is 19.0 Å². The third-order valence-electron chi connectivity index (χ3n) is 2.92. The molecule has 0 aromatic heterocycles. The van der Waals surface area contributed by atoms with Crippen LogP contribution in [0, 0.1) is 0 Å². The smallest absolute Gasteiger partial charge is 0.407 e. The van der Waals surface area contributed by atoms with E-state index in [4.69, 9.17) is 14.2 Å². The second-order valence-corrected chi connectivity index (χ2v) is 4.25. The van der Waals surface area contributed by atoms with Gasteiger partial charge in [0.15, 0.2) is 0 Å². The highest BCUT2D eigenvalue weighted by atomic mass is 16.6. The van der Waals surface area contributed by atoms with Crippen LogP contribution in [0.5, 0.6) is 0 Å². The number of hydrogen-bond acceptors (Lipinski definition) is 4. The second kappa shape index (κ2) is 6.06. The Balaban J connectivity index is 1.53. The minimum atomic E-state index is -0.369. The first-order valence-corrected chi connectivity index (χ1v) is 5.98. The van der Waals surface area contributed by atoms with Crippen molar-refractivity contribution in [3.05, 3.63) is 0 Å². The highest BCUT2D eigenvalue weighted by Gasteiger charge is 2.19. The lowest BCUT2D eigenvalue weighted by Crippen LogP contribution is -2.33. The van der Waals surface area contributed by atoms with Crippen LogP contribution in [0.4, 0.5) is 4.79 Å². The lowest BCUT2D eigenvalue weighted by Gasteiger charge is -2.13. The van der Waals surface area contributed by atoms with Crippen LogP contribution in [0.1, 0.15) is 25.7 Å². The van der Waals surface area contributed by atoms with E-state index in [1.54, 1.807) is 0 Å². The first-order chi connectivity index (χ1) is 7.84. The summed E-state index contributed by atoms with van der Waals surface area (Å²) in [7, 11) is 0. The van der Waals surface area contributed by atoms with Gasteiger partial charge in [-0.25, -0.2) is 4.79 Å². The van der Waals surface area contributed by atoms with E-state index in [1.807, 2.05) is 0 Å². The Morgan fingerprint density at radius 1 is 1.19 bits per heavy atom. The molecule has 2 rings (SSSR count). The summed E-state index contributed by atoms with van der Waals surface area (Å²) in [5, 5.41) is 2.71. The topological polar surface area (TPSA) is 56.8 Å². The van der Waals surface area contributed by atoms with E-state index in [2.05, 4.69) is 5.32 Å². The monoisotopic (exact) mass is 229 g/mol. The fourth-order valence-electron chi connectivity index (χ4n) is 2.00. The molecule has 0 radical (unpaired) electrons. The number of rotatable bonds is 4. The molecule has 1 N–H and O–H groups in total. The number of hydrogen-bond donors (Lipinski definition) is 1. The van der Waals surface area contributed by atoms with Crippen molar-refractivity contribution in [2.75, 3.05) is 26.4 Å². The molecular formula is C11H19NO4. The van der Waals surface area contributed by atoms with Crippen LogP contribution in [0.25, 0.3) is 0 Å². The molecule has 2 heterocycles. The van der Waals surface area contributed by atoms with Gasteiger partial charge in [-0.1, -0.05) is 0 Å². The molecule has 0 saturated carbocycles. The third-order valence-corrected chi connectivity index (χ3v) is 2.92. The molecule has 5 heteroatoms. The average Bonchev–Trinajstić information content (AvgIpc) is 2.96. The van der Waals surface area contributed by atoms with Crippen LogP contribution in [0.2, 0.25) is 0 Å². The van der Waals surface area contributed by atoms with Gasteiger partial charge in [0.1, 0.15) is 6.61 Å². The molecule has 5 nitrogen and oxygen atoms in total. The summed E-state index contributed by atoms with van der Waals surface area (Å²) in [5.74, 6) is 0. The summed E-state index contributed by atoms with van der Waals surface area (Å²) in [6.07, 6.45) is 4.03. The lowest BCUT2D eigenvalue weighted by atomic mass is 10.2. The van der Waals surface area contributed by atoms with Crippen molar-refractivity contribution in [2.45, 2.75) is 37.9 Å². The molecule has 0 bridgehead atoms. The zero-order valence-corrected chi connectivity index (χ0v) is 9.44. The van der Waals surface area contributed by atoms with E-state index in [1.165, 1.54) is 0 Å². The van der Waals surface area contributed by atoms with Crippen LogP contribution in [0.3, 0.4) is 0 Å². The van der Waals surface area contributed by atoms with E-state index in [-0.39, 0.29) is 18.3 Å². The summed E-state index contributed by atoms with van der Waals surface area (Å²) < 4.78 is 15.8. The highest BCUT2D eigenvalue weighted by Crippen LogP contribution is 2.12. The third kappa shape index (κ3) is 3.64. The molecule has 2 saturated heterocycles. The van der Waals surface area contributed by atoms with Gasteiger partial charge in [0.05, 0.1) is 12.2 Å². The van der Waals surface area contributed by atoms with E-state index < -0.39 is 0 Å². The molecule has 0 aromatic rings. The zero-order valence-electron chi connectivity index (χ0n) is 9.44. The zero-order chi connectivity index (χ0) is 11.2. The van der Waals surface area contributed by atoms with Crippen LogP contribution in [0.15, 0.2) is 0 Å². The maximum Gasteiger partial charge on any atom is 0.407 e. The normalized spacial score (nSPS) is 29.2. The molecule has 2 atom stereocenters. The summed E-state index contributed by atoms with van der Waals surface area (Å²) in [4.78, 5) is 11.3. The van der Waals surface area contributed by atoms with Crippen LogP contribution >= 0.6 is 0 Å². The van der Waals surface area contributed by atoms with E-state index in [0.717, 1.165) is 38.9 Å². The number of ether oxygens (including phenoxy) is 3. The maximum absolute atomic E-state index is 11.3. The molecule has 1 amide bonds. The molecule has 0 aromatic carbocycles. The highest BCUT2D eigenvalue weighted by molar-refractivity contribution is 5.67. The lowest BCUT2D eigenvalue weighted by molar-refractivity contribution is 0.0416. The standard InChI is InChI=1S/C11H19NO4/c13-11(12-7-9-3-1-5-14-9)16-8-10-4-2-6-15-10/h9-10H,1-8H2,(H,12,13)/t9-,10+/m1/s1. The molecule has 2 aliphatic heterocycles. The van der Waals surface area contributed by atoms with E-state index in [9.17, 15) is 4.79 Å². The van der Waals surface area contributed by atoms with Gasteiger partial charge in [-0.15, -0.1) is 0 Å². The van der Waals surface area contributed by atoms with E-state index in [0.29, 0.717) is 13.2 Å². The predicted octanol–water partition coefficient (Wildman–Crippen LogP) is 1.07. The molecule has 0 spiro atoms. The Kier molecular flexibility index (Phi) is 4.42. The molecular weight excluding hydrogens is 210 g/mol.